The lowest BCUT2D eigenvalue weighted by molar-refractivity contribution is -0.148. The van der Waals surface area contributed by atoms with Crippen molar-refractivity contribution in [3.05, 3.63) is 0 Å². The molecule has 2 atom stereocenters. The lowest BCUT2D eigenvalue weighted by Gasteiger charge is -2.39. The highest BCUT2D eigenvalue weighted by atomic mass is 16.4. The van der Waals surface area contributed by atoms with Gasteiger partial charge in [-0.05, 0) is 32.1 Å². The van der Waals surface area contributed by atoms with Crippen LogP contribution < -0.4 is 16.4 Å². The van der Waals surface area contributed by atoms with Crippen LogP contribution in [-0.4, -0.2) is 34.7 Å². The standard InChI is InChI=1S/C12H21N3O3/c13-8-4-1-2-5-9(8)14-11(18)15-12(10(16)17)6-3-7-12/h8-9H,1-7,13H2,(H,16,17)(H2,14,15,18). The summed E-state index contributed by atoms with van der Waals surface area (Å²) in [4.78, 5) is 23.0. The molecule has 2 saturated carbocycles. The summed E-state index contributed by atoms with van der Waals surface area (Å²) in [6.45, 7) is 0. The number of amides is 2. The van der Waals surface area contributed by atoms with E-state index in [4.69, 9.17) is 10.8 Å². The first-order valence-corrected chi connectivity index (χ1v) is 6.61. The van der Waals surface area contributed by atoms with Crippen molar-refractivity contribution in [2.24, 2.45) is 5.73 Å². The molecular weight excluding hydrogens is 234 g/mol. The summed E-state index contributed by atoms with van der Waals surface area (Å²) < 4.78 is 0. The van der Waals surface area contributed by atoms with Crippen molar-refractivity contribution in [1.29, 1.82) is 0 Å². The molecule has 102 valence electrons. The van der Waals surface area contributed by atoms with Crippen LogP contribution in [0.3, 0.4) is 0 Å². The summed E-state index contributed by atoms with van der Waals surface area (Å²) in [6, 6.07) is -0.462. The molecule has 2 amide bonds. The van der Waals surface area contributed by atoms with Gasteiger partial charge in [0.25, 0.3) is 0 Å². The van der Waals surface area contributed by atoms with Gasteiger partial charge in [0.2, 0.25) is 0 Å². The van der Waals surface area contributed by atoms with Gasteiger partial charge in [0, 0.05) is 12.1 Å². The summed E-state index contributed by atoms with van der Waals surface area (Å²) >= 11 is 0. The molecule has 0 aliphatic heterocycles. The van der Waals surface area contributed by atoms with E-state index in [1.807, 2.05) is 0 Å². The lowest BCUT2D eigenvalue weighted by atomic mass is 9.77. The van der Waals surface area contributed by atoms with Crippen LogP contribution in [0.4, 0.5) is 4.79 Å². The number of hydrogen-bond donors (Lipinski definition) is 4. The van der Waals surface area contributed by atoms with E-state index in [1.165, 1.54) is 0 Å². The lowest BCUT2D eigenvalue weighted by Crippen LogP contribution is -2.63. The van der Waals surface area contributed by atoms with E-state index < -0.39 is 17.5 Å². The SMILES string of the molecule is NC1CCCCC1NC(=O)NC1(C(=O)O)CCC1. The van der Waals surface area contributed by atoms with Gasteiger partial charge in [-0.15, -0.1) is 0 Å². The predicted molar refractivity (Wildman–Crippen MR) is 66.1 cm³/mol. The zero-order chi connectivity index (χ0) is 13.2. The molecule has 2 unspecified atom stereocenters. The fourth-order valence-corrected chi connectivity index (χ4v) is 2.68. The smallest absolute Gasteiger partial charge is 0.329 e. The molecule has 0 saturated heterocycles. The third-order valence-corrected chi connectivity index (χ3v) is 4.11. The van der Waals surface area contributed by atoms with Gasteiger partial charge in [0.1, 0.15) is 5.54 Å². The Kier molecular flexibility index (Phi) is 3.75. The van der Waals surface area contributed by atoms with Crippen molar-refractivity contribution in [3.8, 4) is 0 Å². The molecule has 2 aliphatic carbocycles. The molecule has 0 aromatic rings. The van der Waals surface area contributed by atoms with Crippen LogP contribution >= 0.6 is 0 Å². The predicted octanol–water partition coefficient (Wildman–Crippen LogP) is 0.563. The van der Waals surface area contributed by atoms with Crippen LogP contribution in [-0.2, 0) is 4.79 Å². The summed E-state index contributed by atoms with van der Waals surface area (Å²) in [5.74, 6) is -0.947. The number of nitrogens with one attached hydrogen (secondary N) is 2. The average molecular weight is 255 g/mol. The minimum Gasteiger partial charge on any atom is -0.480 e. The highest BCUT2D eigenvalue weighted by Crippen LogP contribution is 2.32. The van der Waals surface area contributed by atoms with E-state index in [2.05, 4.69) is 10.6 Å². The molecule has 2 fully saturated rings. The number of carbonyl (C=O) groups is 2. The van der Waals surface area contributed by atoms with Crippen LogP contribution in [0.2, 0.25) is 0 Å². The van der Waals surface area contributed by atoms with Crippen molar-refractivity contribution in [1.82, 2.24) is 10.6 Å². The van der Waals surface area contributed by atoms with Gasteiger partial charge in [0.15, 0.2) is 0 Å². The summed E-state index contributed by atoms with van der Waals surface area (Å²) in [5.41, 5.74) is 4.89. The van der Waals surface area contributed by atoms with Crippen LogP contribution in [0.1, 0.15) is 44.9 Å². The van der Waals surface area contributed by atoms with E-state index in [0.29, 0.717) is 12.8 Å². The molecule has 0 bridgehead atoms. The maximum Gasteiger partial charge on any atom is 0.329 e. The third-order valence-electron chi connectivity index (χ3n) is 4.11. The topological polar surface area (TPSA) is 104 Å². The van der Waals surface area contributed by atoms with Crippen molar-refractivity contribution >= 4 is 12.0 Å². The highest BCUT2D eigenvalue weighted by molar-refractivity contribution is 5.87. The summed E-state index contributed by atoms with van der Waals surface area (Å²) in [7, 11) is 0. The van der Waals surface area contributed by atoms with Gasteiger partial charge in [-0.25, -0.2) is 9.59 Å². The molecule has 2 rings (SSSR count). The third kappa shape index (κ3) is 2.58. The first-order valence-electron chi connectivity index (χ1n) is 6.61. The highest BCUT2D eigenvalue weighted by Gasteiger charge is 2.46. The Labute approximate surface area is 106 Å². The molecule has 0 heterocycles. The quantitative estimate of drug-likeness (QED) is 0.591. The number of carboxylic acids is 1. The molecule has 6 nitrogen and oxygen atoms in total. The Morgan fingerprint density at radius 2 is 1.83 bits per heavy atom. The number of nitrogens with two attached hydrogens (primary N) is 1. The largest absolute Gasteiger partial charge is 0.480 e. The molecule has 0 aromatic carbocycles. The van der Waals surface area contributed by atoms with Crippen LogP contribution in [0.25, 0.3) is 0 Å². The fraction of sp³-hybridized carbons (Fsp3) is 0.833. The van der Waals surface area contributed by atoms with Crippen molar-refractivity contribution in [2.45, 2.75) is 62.6 Å². The average Bonchev–Trinajstić information content (AvgIpc) is 2.26. The molecule has 0 aromatic heterocycles. The molecule has 5 N–H and O–H groups in total. The number of carboxylic acid groups (broad SMARTS) is 1. The Morgan fingerprint density at radius 3 is 2.33 bits per heavy atom. The molecule has 6 heteroatoms. The van der Waals surface area contributed by atoms with Crippen LogP contribution in [0.15, 0.2) is 0 Å². The summed E-state index contributed by atoms with van der Waals surface area (Å²) in [6.07, 6.45) is 5.79. The Morgan fingerprint density at radius 1 is 1.17 bits per heavy atom. The molecule has 18 heavy (non-hydrogen) atoms. The van der Waals surface area contributed by atoms with Gasteiger partial charge in [0.05, 0.1) is 0 Å². The van der Waals surface area contributed by atoms with E-state index >= 15 is 0 Å². The minimum atomic E-state index is -1.05. The second-order valence-electron chi connectivity index (χ2n) is 5.39. The van der Waals surface area contributed by atoms with Crippen LogP contribution in [0.5, 0.6) is 0 Å². The first-order chi connectivity index (χ1) is 8.53. The maximum absolute atomic E-state index is 11.8. The van der Waals surface area contributed by atoms with Gasteiger partial charge in [-0.3, -0.25) is 0 Å². The van der Waals surface area contributed by atoms with Gasteiger partial charge in [-0.1, -0.05) is 12.8 Å². The van der Waals surface area contributed by atoms with Crippen molar-refractivity contribution in [3.63, 3.8) is 0 Å². The van der Waals surface area contributed by atoms with E-state index in [1.54, 1.807) is 0 Å². The summed E-state index contributed by atoms with van der Waals surface area (Å²) in [5, 5.41) is 14.5. The Bertz CT molecular complexity index is 341. The molecule has 2 aliphatic rings. The number of aliphatic carboxylic acids is 1. The van der Waals surface area contributed by atoms with E-state index in [0.717, 1.165) is 32.1 Å². The molecule has 0 radical (unpaired) electrons. The monoisotopic (exact) mass is 255 g/mol. The first kappa shape index (κ1) is 13.1. The minimum absolute atomic E-state index is 0.0216. The maximum atomic E-state index is 11.8. The van der Waals surface area contributed by atoms with E-state index in [-0.39, 0.29) is 12.1 Å². The molecular formula is C12H21N3O3. The Hall–Kier alpha value is -1.30. The van der Waals surface area contributed by atoms with Crippen molar-refractivity contribution < 1.29 is 14.7 Å². The number of carbonyl (C=O) groups excluding carboxylic acids is 1. The number of rotatable bonds is 3. The van der Waals surface area contributed by atoms with Gasteiger partial charge < -0.3 is 21.5 Å². The zero-order valence-electron chi connectivity index (χ0n) is 10.4. The fourth-order valence-electron chi connectivity index (χ4n) is 2.68. The van der Waals surface area contributed by atoms with E-state index in [9.17, 15) is 9.59 Å². The normalized spacial score (nSPS) is 30.1. The van der Waals surface area contributed by atoms with Gasteiger partial charge in [-0.2, -0.15) is 0 Å². The molecule has 0 spiro atoms. The zero-order valence-corrected chi connectivity index (χ0v) is 10.4. The number of urea groups is 1. The van der Waals surface area contributed by atoms with Gasteiger partial charge >= 0.3 is 12.0 Å². The van der Waals surface area contributed by atoms with Crippen molar-refractivity contribution in [2.75, 3.05) is 0 Å². The Balaban J connectivity index is 1.86. The van der Waals surface area contributed by atoms with Crippen LogP contribution in [0, 0.1) is 0 Å². The second kappa shape index (κ2) is 5.14. The second-order valence-corrected chi connectivity index (χ2v) is 5.39. The number of hydrogen-bond acceptors (Lipinski definition) is 3.